The summed E-state index contributed by atoms with van der Waals surface area (Å²) >= 11 is 0.594. The zero-order chi connectivity index (χ0) is 12.1. The van der Waals surface area contributed by atoms with Crippen LogP contribution >= 0.6 is 0 Å². The van der Waals surface area contributed by atoms with E-state index in [-0.39, 0.29) is 0 Å². The zero-order valence-corrected chi connectivity index (χ0v) is 10.5. The number of hydrogen-bond donors (Lipinski definition) is 1. The first-order valence-corrected chi connectivity index (χ1v) is 6.45. The molecule has 5 nitrogen and oxygen atoms in total. The number of rotatable bonds is 4. The summed E-state index contributed by atoms with van der Waals surface area (Å²) < 4.78 is 12.5. The molecule has 0 amide bonds. The van der Waals surface area contributed by atoms with Crippen LogP contribution < -0.4 is 5.73 Å². The summed E-state index contributed by atoms with van der Waals surface area (Å²) in [6, 6.07) is 3.85. The van der Waals surface area contributed by atoms with Gasteiger partial charge >= 0.3 is 11.9 Å². The van der Waals surface area contributed by atoms with Crippen molar-refractivity contribution in [3.8, 4) is 0 Å². The second-order valence-corrected chi connectivity index (χ2v) is 4.84. The van der Waals surface area contributed by atoms with Crippen molar-refractivity contribution >= 4 is 17.5 Å². The third kappa shape index (κ3) is 3.69. The zero-order valence-electron chi connectivity index (χ0n) is 9.71. The van der Waals surface area contributed by atoms with Gasteiger partial charge in [-0.25, -0.2) is 0 Å². The van der Waals surface area contributed by atoms with Crippen LogP contribution in [0.3, 0.4) is 0 Å². The van der Waals surface area contributed by atoms with E-state index >= 15 is 0 Å². The summed E-state index contributed by atoms with van der Waals surface area (Å²) in [4.78, 5) is 6.64. The Bertz CT molecular complexity index is 362. The van der Waals surface area contributed by atoms with Crippen LogP contribution in [-0.4, -0.2) is 46.9 Å². The molecule has 2 N–H and O–H groups in total. The fourth-order valence-electron chi connectivity index (χ4n) is 1.88. The van der Waals surface area contributed by atoms with E-state index in [0.29, 0.717) is 17.5 Å². The summed E-state index contributed by atoms with van der Waals surface area (Å²) in [5, 5.41) is 0. The van der Waals surface area contributed by atoms with E-state index in [0.717, 1.165) is 44.8 Å². The Morgan fingerprint density at radius 2 is 2.06 bits per heavy atom. The van der Waals surface area contributed by atoms with Crippen LogP contribution in [0.25, 0.3) is 0 Å². The topological polar surface area (TPSA) is 62.5 Å². The van der Waals surface area contributed by atoms with Gasteiger partial charge in [0.25, 0.3) is 0 Å². The molecule has 0 unspecified atom stereocenters. The average Bonchev–Trinajstić information content (AvgIpc) is 2.39. The van der Waals surface area contributed by atoms with Gasteiger partial charge in [0.2, 0.25) is 0 Å². The third-order valence-corrected chi connectivity index (χ3v) is 3.54. The molecule has 2 rings (SSSR count). The lowest BCUT2D eigenvalue weighted by Crippen LogP contribution is -2.45. The molecular formula is C11H17N4OS+. The van der Waals surface area contributed by atoms with Crippen LogP contribution in [0, 0.1) is 0 Å². The largest absolute Gasteiger partial charge is 0.590 e. The van der Waals surface area contributed by atoms with Crippen molar-refractivity contribution in [2.24, 2.45) is 0 Å². The van der Waals surface area contributed by atoms with E-state index in [9.17, 15) is 4.21 Å². The van der Waals surface area contributed by atoms with E-state index in [2.05, 4.69) is 9.88 Å². The van der Waals surface area contributed by atoms with Crippen LogP contribution in [0.15, 0.2) is 18.3 Å². The summed E-state index contributed by atoms with van der Waals surface area (Å²) in [7, 11) is 0. The summed E-state index contributed by atoms with van der Waals surface area (Å²) in [6.07, 6.45) is 2.63. The molecule has 2 heterocycles. The van der Waals surface area contributed by atoms with Gasteiger partial charge in [-0.05, 0) is 16.4 Å². The molecule has 17 heavy (non-hydrogen) atoms. The van der Waals surface area contributed by atoms with Crippen molar-refractivity contribution in [2.75, 3.05) is 38.5 Å². The maximum atomic E-state index is 10.6. The number of hydrogen-bond acceptors (Lipinski definition) is 4. The van der Waals surface area contributed by atoms with E-state index in [1.54, 1.807) is 6.20 Å². The molecular weight excluding hydrogens is 236 g/mol. The Morgan fingerprint density at radius 1 is 1.29 bits per heavy atom. The van der Waals surface area contributed by atoms with Gasteiger partial charge in [-0.3, -0.25) is 4.98 Å². The first kappa shape index (κ1) is 12.3. The van der Waals surface area contributed by atoms with Gasteiger partial charge in [0.1, 0.15) is 0 Å². The molecule has 1 aromatic heterocycles. The van der Waals surface area contributed by atoms with Crippen molar-refractivity contribution < 1.29 is 4.21 Å². The summed E-state index contributed by atoms with van der Waals surface area (Å²) in [6.45, 7) is 4.62. The minimum absolute atomic E-state index is 0.594. The maximum absolute atomic E-state index is 10.6. The molecule has 0 aliphatic carbocycles. The van der Waals surface area contributed by atoms with E-state index in [1.165, 1.54) is 0 Å². The van der Waals surface area contributed by atoms with E-state index in [4.69, 9.17) is 5.73 Å². The first-order chi connectivity index (χ1) is 8.28. The number of nitrogen functional groups attached to an aromatic ring is 1. The highest BCUT2D eigenvalue weighted by molar-refractivity contribution is 7.62. The van der Waals surface area contributed by atoms with Crippen LogP contribution in [0.4, 0.5) is 5.69 Å². The molecule has 6 heteroatoms. The predicted octanol–water partition coefficient (Wildman–Crippen LogP) is 0.167. The van der Waals surface area contributed by atoms with Crippen LogP contribution in [-0.2, 0) is 22.5 Å². The molecule has 0 radical (unpaired) electrons. The molecule has 0 atom stereocenters. The maximum Gasteiger partial charge on any atom is 0.590 e. The standard InChI is InChI=1S/C11H17N4OS/c12-10-1-2-11(13-9-10)3-4-14-5-7-15(17-16)8-6-14/h1-2,9H,3-8,12H2/q+1. The minimum atomic E-state index is 0.594. The molecule has 0 bridgehead atoms. The molecule has 1 saturated heterocycles. The Kier molecular flexibility index (Phi) is 4.36. The van der Waals surface area contributed by atoms with Gasteiger partial charge < -0.3 is 10.6 Å². The normalized spacial score (nSPS) is 18.1. The van der Waals surface area contributed by atoms with Crippen molar-refractivity contribution in [3.05, 3.63) is 24.0 Å². The molecule has 1 aliphatic rings. The fourth-order valence-corrected chi connectivity index (χ4v) is 2.20. The highest BCUT2D eigenvalue weighted by atomic mass is 32.2. The smallest absolute Gasteiger partial charge is 0.397 e. The van der Waals surface area contributed by atoms with Gasteiger partial charge in [-0.15, -0.1) is 0 Å². The van der Waals surface area contributed by atoms with Crippen LogP contribution in [0.2, 0.25) is 0 Å². The number of nitrogens with two attached hydrogens (primary N) is 1. The lowest BCUT2D eigenvalue weighted by atomic mass is 10.2. The fraction of sp³-hybridized carbons (Fsp3) is 0.545. The summed E-state index contributed by atoms with van der Waals surface area (Å²) in [5.74, 6) is 0. The monoisotopic (exact) mass is 253 g/mol. The second kappa shape index (κ2) is 6.00. The number of nitrogens with zero attached hydrogens (tertiary/aromatic N) is 3. The van der Waals surface area contributed by atoms with Crippen LogP contribution in [0.5, 0.6) is 0 Å². The predicted molar refractivity (Wildman–Crippen MR) is 68.4 cm³/mol. The molecule has 1 aliphatic heterocycles. The number of pyridine rings is 1. The van der Waals surface area contributed by atoms with Crippen molar-refractivity contribution in [1.82, 2.24) is 14.2 Å². The molecule has 1 fully saturated rings. The number of aromatic nitrogens is 1. The molecule has 0 spiro atoms. The Balaban J connectivity index is 1.75. The van der Waals surface area contributed by atoms with E-state index in [1.807, 2.05) is 16.4 Å². The van der Waals surface area contributed by atoms with Gasteiger partial charge in [0.05, 0.1) is 29.2 Å². The van der Waals surface area contributed by atoms with Crippen LogP contribution in [0.1, 0.15) is 5.69 Å². The summed E-state index contributed by atoms with van der Waals surface area (Å²) in [5.41, 5.74) is 7.36. The molecule has 0 aromatic carbocycles. The highest BCUT2D eigenvalue weighted by Gasteiger charge is 2.24. The van der Waals surface area contributed by atoms with Crippen molar-refractivity contribution in [3.63, 3.8) is 0 Å². The highest BCUT2D eigenvalue weighted by Crippen LogP contribution is 2.05. The third-order valence-electron chi connectivity index (χ3n) is 2.97. The second-order valence-electron chi connectivity index (χ2n) is 4.18. The first-order valence-electron chi connectivity index (χ1n) is 5.75. The molecule has 1 aromatic rings. The van der Waals surface area contributed by atoms with Gasteiger partial charge in [-0.2, -0.15) is 0 Å². The van der Waals surface area contributed by atoms with Crippen molar-refractivity contribution in [2.45, 2.75) is 6.42 Å². The lowest BCUT2D eigenvalue weighted by molar-refractivity contribution is 0.195. The Hall–Kier alpha value is -1.11. The Morgan fingerprint density at radius 3 is 2.65 bits per heavy atom. The minimum Gasteiger partial charge on any atom is -0.397 e. The number of anilines is 1. The molecule has 0 saturated carbocycles. The van der Waals surface area contributed by atoms with Gasteiger partial charge in [0, 0.05) is 31.7 Å². The quantitative estimate of drug-likeness (QED) is 0.613. The Labute approximate surface area is 105 Å². The average molecular weight is 253 g/mol. The number of piperazine rings is 1. The SMILES string of the molecule is Nc1ccc(CCN2CCN([S+]=O)CC2)nc1. The van der Waals surface area contributed by atoms with E-state index < -0.39 is 0 Å². The van der Waals surface area contributed by atoms with Gasteiger partial charge in [0.15, 0.2) is 0 Å². The van der Waals surface area contributed by atoms with Crippen molar-refractivity contribution in [1.29, 1.82) is 0 Å². The molecule has 92 valence electrons. The lowest BCUT2D eigenvalue weighted by Gasteiger charge is -2.26. The van der Waals surface area contributed by atoms with Gasteiger partial charge in [-0.1, -0.05) is 0 Å².